The molecule has 1 heterocycles. The van der Waals surface area contributed by atoms with Crippen LogP contribution in [-0.4, -0.2) is 42.0 Å². The van der Waals surface area contributed by atoms with E-state index in [2.05, 4.69) is 43.4 Å². The molecule has 2 aromatic rings. The van der Waals surface area contributed by atoms with Crippen LogP contribution in [0.5, 0.6) is 0 Å². The van der Waals surface area contributed by atoms with Crippen LogP contribution in [0, 0.1) is 5.92 Å². The van der Waals surface area contributed by atoms with Crippen molar-refractivity contribution in [3.63, 3.8) is 0 Å². The number of carboxylic acid groups (broad SMARTS) is 1. The van der Waals surface area contributed by atoms with Crippen LogP contribution in [0.15, 0.2) is 48.5 Å². The number of hydrogen-bond donors (Lipinski definition) is 2. The number of hydrogen-bond acceptors (Lipinski definition) is 4. The zero-order valence-corrected chi connectivity index (χ0v) is 18.6. The van der Waals surface area contributed by atoms with Crippen molar-refractivity contribution >= 4 is 12.1 Å². The molecule has 4 rings (SSSR count). The zero-order chi connectivity index (χ0) is 22.7. The van der Waals surface area contributed by atoms with Gasteiger partial charge in [-0.15, -0.1) is 0 Å². The molecule has 6 nitrogen and oxygen atoms in total. The van der Waals surface area contributed by atoms with Gasteiger partial charge in [0.1, 0.15) is 6.61 Å². The minimum absolute atomic E-state index is 0.000907. The molecule has 6 heteroatoms. The van der Waals surface area contributed by atoms with Crippen molar-refractivity contribution in [1.82, 2.24) is 5.32 Å². The molecule has 1 fully saturated rings. The molecule has 1 aliphatic carbocycles. The monoisotopic (exact) mass is 437 g/mol. The third-order valence-electron chi connectivity index (χ3n) is 6.39. The highest BCUT2D eigenvalue weighted by atomic mass is 16.6. The lowest BCUT2D eigenvalue weighted by molar-refractivity contribution is -0.160. The second-order valence-corrected chi connectivity index (χ2v) is 9.14. The maximum Gasteiger partial charge on any atom is 0.407 e. The number of ether oxygens (including phenoxy) is 2. The van der Waals surface area contributed by atoms with E-state index in [1.807, 2.05) is 24.3 Å². The van der Waals surface area contributed by atoms with Crippen molar-refractivity contribution in [2.45, 2.75) is 63.7 Å². The van der Waals surface area contributed by atoms with E-state index in [1.54, 1.807) is 0 Å². The Hall–Kier alpha value is -2.86. The molecule has 0 aromatic heterocycles. The maximum atomic E-state index is 12.8. The van der Waals surface area contributed by atoms with E-state index in [9.17, 15) is 14.7 Å². The fourth-order valence-corrected chi connectivity index (χ4v) is 4.93. The van der Waals surface area contributed by atoms with E-state index in [0.717, 1.165) is 12.8 Å². The summed E-state index contributed by atoms with van der Waals surface area (Å²) in [5, 5.41) is 12.3. The quantitative estimate of drug-likeness (QED) is 0.639. The van der Waals surface area contributed by atoms with Gasteiger partial charge < -0.3 is 19.9 Å². The second kappa shape index (κ2) is 9.74. The highest BCUT2D eigenvalue weighted by Crippen LogP contribution is 2.44. The second-order valence-electron chi connectivity index (χ2n) is 9.14. The molecule has 1 amide bonds. The molecule has 2 aromatic carbocycles. The van der Waals surface area contributed by atoms with E-state index < -0.39 is 18.2 Å². The number of nitrogens with one attached hydrogen (secondary N) is 1. The number of alkyl carbamates (subject to hydrolysis) is 1. The van der Waals surface area contributed by atoms with Gasteiger partial charge in [-0.05, 0) is 53.9 Å². The predicted molar refractivity (Wildman–Crippen MR) is 122 cm³/mol. The molecular weight excluding hydrogens is 406 g/mol. The summed E-state index contributed by atoms with van der Waals surface area (Å²) in [4.78, 5) is 24.1. The summed E-state index contributed by atoms with van der Waals surface area (Å²) in [6.07, 6.45) is 1.07. The Morgan fingerprint density at radius 3 is 2.28 bits per heavy atom. The molecule has 1 saturated heterocycles. The standard InChI is InChI=1S/C26H31NO5/c1-16(2)14-22(23-12-7-13-24(32-23)25(28)29)27-26(30)31-15-21-19-10-5-3-8-17(19)18-9-4-6-11-20(18)21/h3-6,8-11,16,21-24H,7,12-15H2,1-2H3,(H,27,30)(H,28,29)/t22-,23-,24+/m0/s1. The van der Waals surface area contributed by atoms with Crippen molar-refractivity contribution in [2.75, 3.05) is 6.61 Å². The molecule has 0 saturated carbocycles. The fraction of sp³-hybridized carbons (Fsp3) is 0.462. The summed E-state index contributed by atoms with van der Waals surface area (Å²) < 4.78 is 11.5. The normalized spacial score (nSPS) is 21.0. The van der Waals surface area contributed by atoms with Crippen molar-refractivity contribution in [3.05, 3.63) is 59.7 Å². The van der Waals surface area contributed by atoms with Crippen molar-refractivity contribution in [1.29, 1.82) is 0 Å². The largest absolute Gasteiger partial charge is 0.479 e. The number of benzene rings is 2. The Labute approximate surface area is 188 Å². The summed E-state index contributed by atoms with van der Waals surface area (Å²) in [6.45, 7) is 4.39. The zero-order valence-electron chi connectivity index (χ0n) is 18.6. The summed E-state index contributed by atoms with van der Waals surface area (Å²) >= 11 is 0. The van der Waals surface area contributed by atoms with Crippen LogP contribution in [0.1, 0.15) is 56.6 Å². The van der Waals surface area contributed by atoms with Crippen molar-refractivity contribution in [2.24, 2.45) is 5.92 Å². The van der Waals surface area contributed by atoms with Crippen LogP contribution in [0.2, 0.25) is 0 Å². The lowest BCUT2D eigenvalue weighted by Crippen LogP contribution is -2.49. The Balaban J connectivity index is 1.42. The third-order valence-corrected chi connectivity index (χ3v) is 6.39. The van der Waals surface area contributed by atoms with Crippen LogP contribution in [0.25, 0.3) is 11.1 Å². The number of rotatable bonds is 7. The topological polar surface area (TPSA) is 84.9 Å². The smallest absolute Gasteiger partial charge is 0.407 e. The average molecular weight is 438 g/mol. The molecular formula is C26H31NO5. The first-order valence-electron chi connectivity index (χ1n) is 11.4. The molecule has 0 unspecified atom stereocenters. The van der Waals surface area contributed by atoms with Crippen LogP contribution >= 0.6 is 0 Å². The fourth-order valence-electron chi connectivity index (χ4n) is 4.93. The van der Waals surface area contributed by atoms with Gasteiger partial charge in [0.25, 0.3) is 0 Å². The molecule has 170 valence electrons. The van der Waals surface area contributed by atoms with E-state index in [4.69, 9.17) is 9.47 Å². The Bertz CT molecular complexity index is 927. The molecule has 0 spiro atoms. The molecule has 2 aliphatic rings. The van der Waals surface area contributed by atoms with Gasteiger partial charge in [-0.1, -0.05) is 62.4 Å². The molecule has 32 heavy (non-hydrogen) atoms. The van der Waals surface area contributed by atoms with Gasteiger partial charge in [-0.2, -0.15) is 0 Å². The summed E-state index contributed by atoms with van der Waals surface area (Å²) in [7, 11) is 0. The number of carboxylic acids is 1. The first kappa shape index (κ1) is 22.3. The van der Waals surface area contributed by atoms with Crippen LogP contribution in [0.3, 0.4) is 0 Å². The minimum atomic E-state index is -0.945. The lowest BCUT2D eigenvalue weighted by Gasteiger charge is -2.34. The predicted octanol–water partition coefficient (Wildman–Crippen LogP) is 4.96. The molecule has 1 aliphatic heterocycles. The van der Waals surface area contributed by atoms with Crippen LogP contribution in [-0.2, 0) is 14.3 Å². The molecule has 3 atom stereocenters. The highest BCUT2D eigenvalue weighted by Gasteiger charge is 2.34. The third kappa shape index (κ3) is 4.80. The Kier molecular flexibility index (Phi) is 6.80. The number of carbonyl (C=O) groups is 2. The number of carbonyl (C=O) groups excluding carboxylic acids is 1. The molecule has 0 radical (unpaired) electrons. The first-order chi connectivity index (χ1) is 15.4. The summed E-state index contributed by atoms with van der Waals surface area (Å²) in [6, 6.07) is 16.2. The van der Waals surface area contributed by atoms with Crippen LogP contribution < -0.4 is 5.32 Å². The van der Waals surface area contributed by atoms with Crippen molar-refractivity contribution in [3.8, 4) is 11.1 Å². The van der Waals surface area contributed by atoms with E-state index in [1.165, 1.54) is 22.3 Å². The SMILES string of the molecule is CC(C)C[C@H](NC(=O)OCC1c2ccccc2-c2ccccc21)[C@@H]1CCC[C@H](C(=O)O)O1. The molecule has 0 bridgehead atoms. The van der Waals surface area contributed by atoms with Gasteiger partial charge in [-0.3, -0.25) is 0 Å². The number of aliphatic carboxylic acids is 1. The minimum Gasteiger partial charge on any atom is -0.479 e. The van der Waals surface area contributed by atoms with Gasteiger partial charge >= 0.3 is 12.1 Å². The molecule has 2 N–H and O–H groups in total. The van der Waals surface area contributed by atoms with Gasteiger partial charge in [-0.25, -0.2) is 9.59 Å². The van der Waals surface area contributed by atoms with Gasteiger partial charge in [0.05, 0.1) is 12.1 Å². The summed E-state index contributed by atoms with van der Waals surface area (Å²) in [5.74, 6) is -0.624. The number of amides is 1. The Morgan fingerprint density at radius 1 is 1.06 bits per heavy atom. The van der Waals surface area contributed by atoms with Crippen molar-refractivity contribution < 1.29 is 24.2 Å². The van der Waals surface area contributed by atoms with Crippen LogP contribution in [0.4, 0.5) is 4.79 Å². The number of fused-ring (bicyclic) bond motifs is 3. The van der Waals surface area contributed by atoms with E-state index in [-0.39, 0.29) is 24.7 Å². The average Bonchev–Trinajstić information content (AvgIpc) is 3.11. The van der Waals surface area contributed by atoms with E-state index in [0.29, 0.717) is 18.8 Å². The van der Waals surface area contributed by atoms with Gasteiger partial charge in [0.2, 0.25) is 0 Å². The van der Waals surface area contributed by atoms with Gasteiger partial charge in [0, 0.05) is 5.92 Å². The Morgan fingerprint density at radius 2 is 1.69 bits per heavy atom. The first-order valence-corrected chi connectivity index (χ1v) is 11.4. The van der Waals surface area contributed by atoms with E-state index >= 15 is 0 Å². The lowest BCUT2D eigenvalue weighted by atomic mass is 9.93. The van der Waals surface area contributed by atoms with Gasteiger partial charge in [0.15, 0.2) is 6.10 Å². The maximum absolute atomic E-state index is 12.8. The highest BCUT2D eigenvalue weighted by molar-refractivity contribution is 5.79. The summed E-state index contributed by atoms with van der Waals surface area (Å²) in [5.41, 5.74) is 4.70.